The predicted octanol–water partition coefficient (Wildman–Crippen LogP) is 2.72. The van der Waals surface area contributed by atoms with Gasteiger partial charge in [0.2, 0.25) is 0 Å². The van der Waals surface area contributed by atoms with Gasteiger partial charge in [0, 0.05) is 29.5 Å². The number of carbonyl (C=O) groups is 2. The second-order valence-electron chi connectivity index (χ2n) is 5.48. The van der Waals surface area contributed by atoms with Crippen LogP contribution in [0.1, 0.15) is 32.3 Å². The van der Waals surface area contributed by atoms with Crippen LogP contribution in [-0.4, -0.2) is 27.5 Å². The number of hydrogen-bond acceptors (Lipinski definition) is 5. The van der Waals surface area contributed by atoms with Crippen LogP contribution >= 0.6 is 0 Å². The van der Waals surface area contributed by atoms with Crippen LogP contribution in [0.4, 0.5) is 5.69 Å². The molecule has 1 heterocycles. The van der Waals surface area contributed by atoms with Crippen LogP contribution in [-0.2, 0) is 9.59 Å². The molecule has 1 aromatic carbocycles. The summed E-state index contributed by atoms with van der Waals surface area (Å²) in [6, 6.07) is 5.73. The lowest BCUT2D eigenvalue weighted by Crippen LogP contribution is -2.33. The number of hydrogen-bond donors (Lipinski definition) is 1. The molecule has 7 heteroatoms. The van der Waals surface area contributed by atoms with E-state index in [1.807, 2.05) is 0 Å². The molecule has 0 fully saturated rings. The largest absolute Gasteiger partial charge is 0.478 e. The number of rotatable bonds is 4. The molecule has 23 heavy (non-hydrogen) atoms. The lowest BCUT2D eigenvalue weighted by molar-refractivity contribution is -0.384. The Morgan fingerprint density at radius 3 is 2.48 bits per heavy atom. The summed E-state index contributed by atoms with van der Waals surface area (Å²) >= 11 is 0. The number of ketones is 1. The number of aliphatic imine (C=N–C) groups is 1. The second kappa shape index (κ2) is 6.12. The SMILES string of the molecule is CC(=O)C1C(C)=NC(C)=C(C(=O)O)C1c1cccc([N+](=O)[O-])c1. The van der Waals surface area contributed by atoms with E-state index in [1.54, 1.807) is 19.9 Å². The molecule has 7 nitrogen and oxygen atoms in total. The van der Waals surface area contributed by atoms with Crippen LogP contribution in [0.3, 0.4) is 0 Å². The zero-order valence-corrected chi connectivity index (χ0v) is 12.9. The number of carbonyl (C=O) groups excluding carboxylic acids is 1. The number of nitro benzene ring substituents is 1. The van der Waals surface area contributed by atoms with Gasteiger partial charge in [0.25, 0.3) is 5.69 Å². The van der Waals surface area contributed by atoms with Gasteiger partial charge in [0.05, 0.1) is 16.4 Å². The van der Waals surface area contributed by atoms with E-state index in [0.717, 1.165) is 0 Å². The van der Waals surface area contributed by atoms with Gasteiger partial charge in [-0.2, -0.15) is 0 Å². The minimum absolute atomic E-state index is 0.00343. The standard InChI is InChI=1S/C16H16N2O5/c1-8-13(10(3)19)15(14(16(20)21)9(2)17-8)11-5-4-6-12(7-11)18(22)23/h4-7,13,15H,1-3H3,(H,20,21). The first kappa shape index (κ1) is 16.5. The first-order valence-electron chi connectivity index (χ1n) is 6.98. The van der Waals surface area contributed by atoms with Crippen molar-refractivity contribution in [3.63, 3.8) is 0 Å². The van der Waals surface area contributed by atoms with Crippen LogP contribution in [0.15, 0.2) is 40.5 Å². The van der Waals surface area contributed by atoms with E-state index in [9.17, 15) is 24.8 Å². The van der Waals surface area contributed by atoms with E-state index in [1.165, 1.54) is 25.1 Å². The van der Waals surface area contributed by atoms with Crippen molar-refractivity contribution in [2.75, 3.05) is 0 Å². The van der Waals surface area contributed by atoms with Gasteiger partial charge in [-0.15, -0.1) is 0 Å². The third-order valence-corrected chi connectivity index (χ3v) is 3.94. The number of nitrogens with zero attached hydrogens (tertiary/aromatic N) is 2. The fourth-order valence-corrected chi connectivity index (χ4v) is 3.03. The summed E-state index contributed by atoms with van der Waals surface area (Å²) < 4.78 is 0. The molecule has 2 atom stereocenters. The molecule has 1 aromatic rings. The number of benzene rings is 1. The fraction of sp³-hybridized carbons (Fsp3) is 0.312. The number of allylic oxidation sites excluding steroid dienone is 1. The first-order chi connectivity index (χ1) is 10.7. The van der Waals surface area contributed by atoms with E-state index >= 15 is 0 Å². The fourth-order valence-electron chi connectivity index (χ4n) is 3.03. The number of non-ortho nitro benzene ring substituents is 1. The highest BCUT2D eigenvalue weighted by molar-refractivity contribution is 6.08. The quantitative estimate of drug-likeness (QED) is 0.678. The van der Waals surface area contributed by atoms with Crippen LogP contribution in [0.2, 0.25) is 0 Å². The molecule has 0 saturated heterocycles. The van der Waals surface area contributed by atoms with Gasteiger partial charge in [-0.3, -0.25) is 19.9 Å². The third-order valence-electron chi connectivity index (χ3n) is 3.94. The molecule has 0 radical (unpaired) electrons. The van der Waals surface area contributed by atoms with Crippen molar-refractivity contribution in [3.8, 4) is 0 Å². The molecular formula is C16H16N2O5. The summed E-state index contributed by atoms with van der Waals surface area (Å²) in [5, 5.41) is 20.5. The molecule has 0 spiro atoms. The Morgan fingerprint density at radius 1 is 1.30 bits per heavy atom. The normalized spacial score (nSPS) is 20.9. The molecule has 0 aromatic heterocycles. The molecule has 2 rings (SSSR count). The average molecular weight is 316 g/mol. The van der Waals surface area contributed by atoms with Gasteiger partial charge in [0.1, 0.15) is 5.78 Å². The van der Waals surface area contributed by atoms with Gasteiger partial charge in [-0.05, 0) is 26.3 Å². The molecular weight excluding hydrogens is 300 g/mol. The topological polar surface area (TPSA) is 110 Å². The highest BCUT2D eigenvalue weighted by Crippen LogP contribution is 2.40. The van der Waals surface area contributed by atoms with E-state index in [-0.39, 0.29) is 17.0 Å². The summed E-state index contributed by atoms with van der Waals surface area (Å²) in [5.74, 6) is -2.94. The maximum atomic E-state index is 12.1. The maximum absolute atomic E-state index is 12.1. The summed E-state index contributed by atoms with van der Waals surface area (Å²) in [5.41, 5.74) is 1.09. The Labute approximate surface area is 132 Å². The van der Waals surface area contributed by atoms with Gasteiger partial charge >= 0.3 is 5.97 Å². The Balaban J connectivity index is 2.69. The van der Waals surface area contributed by atoms with Crippen LogP contribution < -0.4 is 0 Å². The Morgan fingerprint density at radius 2 is 1.96 bits per heavy atom. The van der Waals surface area contributed by atoms with E-state index in [0.29, 0.717) is 17.0 Å². The summed E-state index contributed by atoms with van der Waals surface area (Å²) in [7, 11) is 0. The smallest absolute Gasteiger partial charge is 0.334 e. The predicted molar refractivity (Wildman–Crippen MR) is 83.5 cm³/mol. The molecule has 2 unspecified atom stereocenters. The van der Waals surface area contributed by atoms with Crippen LogP contribution in [0.25, 0.3) is 0 Å². The number of aliphatic carboxylic acids is 1. The monoisotopic (exact) mass is 316 g/mol. The highest BCUT2D eigenvalue weighted by atomic mass is 16.6. The molecule has 0 bridgehead atoms. The van der Waals surface area contributed by atoms with Crippen molar-refractivity contribution in [2.45, 2.75) is 26.7 Å². The minimum Gasteiger partial charge on any atom is -0.478 e. The molecule has 0 amide bonds. The number of nitro groups is 1. The van der Waals surface area contributed by atoms with Gasteiger partial charge in [-0.25, -0.2) is 4.79 Å². The summed E-state index contributed by atoms with van der Waals surface area (Å²) in [6.45, 7) is 4.60. The van der Waals surface area contributed by atoms with Gasteiger partial charge in [-0.1, -0.05) is 12.1 Å². The van der Waals surface area contributed by atoms with Crippen molar-refractivity contribution < 1.29 is 19.6 Å². The maximum Gasteiger partial charge on any atom is 0.334 e. The minimum atomic E-state index is -1.18. The van der Waals surface area contributed by atoms with E-state index < -0.39 is 22.7 Å². The molecule has 1 aliphatic rings. The zero-order chi connectivity index (χ0) is 17.3. The lowest BCUT2D eigenvalue weighted by atomic mass is 9.74. The van der Waals surface area contributed by atoms with Crippen LogP contribution in [0, 0.1) is 16.0 Å². The number of Topliss-reactive ketones (excluding diaryl/α,β-unsaturated/α-hetero) is 1. The van der Waals surface area contributed by atoms with Crippen molar-refractivity contribution >= 4 is 23.2 Å². The van der Waals surface area contributed by atoms with Crippen molar-refractivity contribution in [1.29, 1.82) is 0 Å². The first-order valence-corrected chi connectivity index (χ1v) is 6.98. The lowest BCUT2D eigenvalue weighted by Gasteiger charge is -2.30. The summed E-state index contributed by atoms with van der Waals surface area (Å²) in [6.07, 6.45) is 0. The second-order valence-corrected chi connectivity index (χ2v) is 5.48. The molecule has 0 aliphatic carbocycles. The number of carboxylic acid groups (broad SMARTS) is 1. The summed E-state index contributed by atoms with van der Waals surface area (Å²) in [4.78, 5) is 38.3. The van der Waals surface area contributed by atoms with E-state index in [4.69, 9.17) is 0 Å². The Bertz CT molecular complexity index is 763. The van der Waals surface area contributed by atoms with Crippen molar-refractivity contribution in [1.82, 2.24) is 0 Å². The average Bonchev–Trinajstić information content (AvgIpc) is 2.45. The zero-order valence-electron chi connectivity index (χ0n) is 12.9. The van der Waals surface area contributed by atoms with Gasteiger partial charge in [0.15, 0.2) is 0 Å². The molecule has 120 valence electrons. The third kappa shape index (κ3) is 3.03. The molecule has 1 N–H and O–H groups in total. The Kier molecular flexibility index (Phi) is 4.40. The van der Waals surface area contributed by atoms with Crippen LogP contribution in [0.5, 0.6) is 0 Å². The molecule has 1 aliphatic heterocycles. The highest BCUT2D eigenvalue weighted by Gasteiger charge is 2.39. The Hall–Kier alpha value is -2.83. The van der Waals surface area contributed by atoms with Crippen molar-refractivity contribution in [3.05, 3.63) is 51.2 Å². The molecule has 0 saturated carbocycles. The van der Waals surface area contributed by atoms with E-state index in [2.05, 4.69) is 4.99 Å². The number of carboxylic acids is 1. The van der Waals surface area contributed by atoms with Crippen molar-refractivity contribution in [2.24, 2.45) is 10.9 Å². The van der Waals surface area contributed by atoms with Gasteiger partial charge < -0.3 is 5.11 Å².